The lowest BCUT2D eigenvalue weighted by Gasteiger charge is -2.35. The molecule has 2 rings (SSSR count). The minimum Gasteiger partial charge on any atom is -0.385 e. The van der Waals surface area contributed by atoms with Crippen molar-refractivity contribution in [2.24, 2.45) is 5.92 Å². The molecule has 0 radical (unpaired) electrons. The second kappa shape index (κ2) is 5.84. The van der Waals surface area contributed by atoms with Gasteiger partial charge in [0.2, 0.25) is 10.0 Å². The molecule has 0 aliphatic carbocycles. The maximum absolute atomic E-state index is 11.6. The molecule has 1 aliphatic rings. The van der Waals surface area contributed by atoms with Crippen molar-refractivity contribution >= 4 is 10.0 Å². The molecule has 1 N–H and O–H groups in total. The highest BCUT2D eigenvalue weighted by Gasteiger charge is 2.32. The fourth-order valence-electron chi connectivity index (χ4n) is 2.97. The minimum absolute atomic E-state index is 0.202. The lowest BCUT2D eigenvalue weighted by molar-refractivity contribution is 0.0211. The summed E-state index contributed by atoms with van der Waals surface area (Å²) in [4.78, 5) is 0. The summed E-state index contributed by atoms with van der Waals surface area (Å²) in [5.41, 5.74) is -0.0246. The molecule has 5 heteroatoms. The van der Waals surface area contributed by atoms with Crippen molar-refractivity contribution in [1.29, 1.82) is 0 Å². The first-order valence-electron chi connectivity index (χ1n) is 7.02. The summed E-state index contributed by atoms with van der Waals surface area (Å²) in [6.07, 6.45) is 3.67. The number of nitrogens with zero attached hydrogens (tertiary/aromatic N) is 1. The van der Waals surface area contributed by atoms with E-state index in [-0.39, 0.29) is 5.92 Å². The number of hydrogen-bond donors (Lipinski definition) is 1. The molecule has 4 nitrogen and oxygen atoms in total. The van der Waals surface area contributed by atoms with Gasteiger partial charge in [-0.15, -0.1) is 0 Å². The van der Waals surface area contributed by atoms with Crippen LogP contribution >= 0.6 is 0 Å². The van der Waals surface area contributed by atoms with E-state index in [1.54, 1.807) is 0 Å². The highest BCUT2D eigenvalue weighted by atomic mass is 32.2. The van der Waals surface area contributed by atoms with Crippen LogP contribution in [0.2, 0.25) is 0 Å². The Morgan fingerprint density at radius 3 is 2.60 bits per heavy atom. The van der Waals surface area contributed by atoms with E-state index in [2.05, 4.69) is 0 Å². The normalized spacial score (nSPS) is 24.2. The van der Waals surface area contributed by atoms with Gasteiger partial charge in [0.05, 0.1) is 11.9 Å². The van der Waals surface area contributed by atoms with Crippen molar-refractivity contribution in [3.8, 4) is 0 Å². The molecular weight excluding hydrogens is 274 g/mol. The molecule has 2 atom stereocenters. The molecule has 112 valence electrons. The number of hydrogen-bond acceptors (Lipinski definition) is 3. The molecule has 1 aromatic carbocycles. The van der Waals surface area contributed by atoms with E-state index < -0.39 is 15.6 Å². The Hall–Kier alpha value is -0.910. The molecule has 1 fully saturated rings. The Bertz CT molecular complexity index is 539. The summed E-state index contributed by atoms with van der Waals surface area (Å²) < 4.78 is 24.8. The van der Waals surface area contributed by atoms with Gasteiger partial charge < -0.3 is 5.11 Å². The van der Waals surface area contributed by atoms with E-state index in [4.69, 9.17) is 0 Å². The van der Waals surface area contributed by atoms with E-state index >= 15 is 0 Å². The van der Waals surface area contributed by atoms with Crippen LogP contribution in [-0.4, -0.2) is 37.2 Å². The third-order valence-corrected chi connectivity index (χ3v) is 5.30. The number of sulfonamides is 1. The van der Waals surface area contributed by atoms with Crippen LogP contribution in [0, 0.1) is 5.92 Å². The number of aliphatic hydroxyl groups is 1. The summed E-state index contributed by atoms with van der Waals surface area (Å²) in [5.74, 6) is 0.202. The van der Waals surface area contributed by atoms with Gasteiger partial charge in [0.1, 0.15) is 0 Å². The molecule has 20 heavy (non-hydrogen) atoms. The van der Waals surface area contributed by atoms with E-state index in [1.165, 1.54) is 10.6 Å². The number of rotatable bonds is 4. The van der Waals surface area contributed by atoms with Crippen LogP contribution < -0.4 is 0 Å². The molecule has 1 saturated heterocycles. The van der Waals surface area contributed by atoms with Crippen LogP contribution in [0.1, 0.15) is 31.7 Å². The van der Waals surface area contributed by atoms with Gasteiger partial charge in [-0.3, -0.25) is 0 Å². The first kappa shape index (κ1) is 15.5. The Balaban J connectivity index is 2.06. The molecule has 0 amide bonds. The number of piperidine rings is 1. The topological polar surface area (TPSA) is 57.6 Å². The highest BCUT2D eigenvalue weighted by Crippen LogP contribution is 2.32. The molecule has 0 bridgehead atoms. The van der Waals surface area contributed by atoms with E-state index in [1.807, 2.05) is 37.3 Å². The van der Waals surface area contributed by atoms with E-state index in [0.29, 0.717) is 19.5 Å². The molecule has 1 aliphatic heterocycles. The van der Waals surface area contributed by atoms with Gasteiger partial charge >= 0.3 is 0 Å². The van der Waals surface area contributed by atoms with E-state index in [9.17, 15) is 13.5 Å². The quantitative estimate of drug-likeness (QED) is 0.924. The lowest BCUT2D eigenvalue weighted by atomic mass is 9.83. The van der Waals surface area contributed by atoms with Gasteiger partial charge in [0.25, 0.3) is 0 Å². The zero-order chi connectivity index (χ0) is 14.8. The molecule has 0 saturated carbocycles. The average molecular weight is 297 g/mol. The first-order valence-corrected chi connectivity index (χ1v) is 8.87. The van der Waals surface area contributed by atoms with E-state index in [0.717, 1.165) is 18.4 Å². The molecule has 1 aromatic rings. The molecular formula is C15H23NO3S. The van der Waals surface area contributed by atoms with Crippen molar-refractivity contribution in [3.63, 3.8) is 0 Å². The smallest absolute Gasteiger partial charge is 0.211 e. The zero-order valence-electron chi connectivity index (χ0n) is 12.1. The summed E-state index contributed by atoms with van der Waals surface area (Å²) in [5, 5.41) is 10.7. The Kier molecular flexibility index (Phi) is 4.52. The predicted octanol–water partition coefficient (Wildman–Crippen LogP) is 1.96. The average Bonchev–Trinajstić information content (AvgIpc) is 2.38. The SMILES string of the molecule is CC(O)(CC1CCCN(S(C)(=O)=O)C1)c1ccccc1. The monoisotopic (exact) mass is 297 g/mol. The van der Waals surface area contributed by atoms with Crippen molar-refractivity contribution in [2.45, 2.75) is 31.8 Å². The Labute approximate surface area is 121 Å². The summed E-state index contributed by atoms with van der Waals surface area (Å²) in [7, 11) is -3.13. The van der Waals surface area contributed by atoms with Crippen LogP contribution in [0.5, 0.6) is 0 Å². The van der Waals surface area contributed by atoms with Crippen LogP contribution in [0.15, 0.2) is 30.3 Å². The fraction of sp³-hybridized carbons (Fsp3) is 0.600. The first-order chi connectivity index (χ1) is 9.29. The van der Waals surface area contributed by atoms with Gasteiger partial charge in [-0.1, -0.05) is 30.3 Å². The Morgan fingerprint density at radius 1 is 1.35 bits per heavy atom. The van der Waals surface area contributed by atoms with Gasteiger partial charge in [-0.2, -0.15) is 0 Å². The Morgan fingerprint density at radius 2 is 2.00 bits per heavy atom. The molecule has 0 spiro atoms. The lowest BCUT2D eigenvalue weighted by Crippen LogP contribution is -2.41. The van der Waals surface area contributed by atoms with Crippen LogP contribution in [0.25, 0.3) is 0 Å². The second-order valence-electron chi connectivity index (χ2n) is 5.97. The molecule has 1 heterocycles. The van der Waals surface area contributed by atoms with Crippen LogP contribution in [0.4, 0.5) is 0 Å². The van der Waals surface area contributed by atoms with Crippen molar-refractivity contribution in [1.82, 2.24) is 4.31 Å². The summed E-state index contributed by atoms with van der Waals surface area (Å²) in [6.45, 7) is 2.92. The van der Waals surface area contributed by atoms with Gasteiger partial charge in [0, 0.05) is 13.1 Å². The highest BCUT2D eigenvalue weighted by molar-refractivity contribution is 7.88. The largest absolute Gasteiger partial charge is 0.385 e. The van der Waals surface area contributed by atoms with Crippen LogP contribution in [-0.2, 0) is 15.6 Å². The summed E-state index contributed by atoms with van der Waals surface area (Å²) in [6, 6.07) is 9.57. The standard InChI is InChI=1S/C15H23NO3S/c1-15(17,14-8-4-3-5-9-14)11-13-7-6-10-16(12-13)20(2,18)19/h3-5,8-9,13,17H,6-7,10-12H2,1-2H3. The van der Waals surface area contributed by atoms with Crippen molar-refractivity contribution < 1.29 is 13.5 Å². The maximum atomic E-state index is 11.6. The van der Waals surface area contributed by atoms with Gasteiger partial charge in [-0.25, -0.2) is 12.7 Å². The van der Waals surface area contributed by atoms with Crippen molar-refractivity contribution in [3.05, 3.63) is 35.9 Å². The molecule has 2 unspecified atom stereocenters. The maximum Gasteiger partial charge on any atom is 0.211 e. The third-order valence-electron chi connectivity index (χ3n) is 4.03. The van der Waals surface area contributed by atoms with Crippen molar-refractivity contribution in [2.75, 3.05) is 19.3 Å². The van der Waals surface area contributed by atoms with Crippen LogP contribution in [0.3, 0.4) is 0 Å². The predicted molar refractivity (Wildman–Crippen MR) is 79.8 cm³/mol. The number of benzene rings is 1. The molecule has 0 aromatic heterocycles. The second-order valence-corrected chi connectivity index (χ2v) is 7.96. The third kappa shape index (κ3) is 3.81. The summed E-state index contributed by atoms with van der Waals surface area (Å²) >= 11 is 0. The zero-order valence-corrected chi connectivity index (χ0v) is 12.9. The fourth-order valence-corrected chi connectivity index (χ4v) is 3.91. The van der Waals surface area contributed by atoms with Gasteiger partial charge in [-0.05, 0) is 37.7 Å². The van der Waals surface area contributed by atoms with Gasteiger partial charge in [0.15, 0.2) is 0 Å². The minimum atomic E-state index is -3.13.